The van der Waals surface area contributed by atoms with Gasteiger partial charge in [-0.25, -0.2) is 0 Å². The molecule has 0 aliphatic carbocycles. The number of hydrogen-bond acceptors (Lipinski definition) is 3. The Morgan fingerprint density at radius 3 is 2.40 bits per heavy atom. The minimum atomic E-state index is -0.632. The van der Waals surface area contributed by atoms with Gasteiger partial charge in [-0.05, 0) is 56.9 Å². The molecule has 2 aromatic carbocycles. The Morgan fingerprint density at radius 2 is 1.73 bits per heavy atom. The van der Waals surface area contributed by atoms with Crippen LogP contribution in [0.1, 0.15) is 60.5 Å². The number of likely N-dealkylation sites (tertiary alicyclic amines) is 1. The Hall–Kier alpha value is -2.82. The van der Waals surface area contributed by atoms with E-state index in [0.29, 0.717) is 23.4 Å². The average Bonchev–Trinajstić information content (AvgIpc) is 3.02. The first-order chi connectivity index (χ1) is 14.5. The van der Waals surface area contributed by atoms with Crippen molar-refractivity contribution in [2.75, 3.05) is 18.4 Å². The molecule has 0 aromatic heterocycles. The molecule has 2 amide bonds. The third-order valence-corrected chi connectivity index (χ3v) is 5.57. The summed E-state index contributed by atoms with van der Waals surface area (Å²) in [6.07, 6.45) is 4.28. The molecule has 160 valence electrons. The van der Waals surface area contributed by atoms with Crippen molar-refractivity contribution >= 4 is 17.5 Å². The summed E-state index contributed by atoms with van der Waals surface area (Å²) in [6.45, 7) is 7.46. The van der Waals surface area contributed by atoms with Gasteiger partial charge in [-0.3, -0.25) is 9.59 Å². The normalized spacial score (nSPS) is 15.2. The number of carbonyl (C=O) groups excluding carboxylic acids is 2. The number of benzene rings is 2. The van der Waals surface area contributed by atoms with Crippen molar-refractivity contribution in [1.82, 2.24) is 4.90 Å². The second kappa shape index (κ2) is 10.3. The maximum Gasteiger partial charge on any atom is 0.265 e. The predicted molar refractivity (Wildman–Crippen MR) is 120 cm³/mol. The minimum absolute atomic E-state index is 0.0175. The van der Waals surface area contributed by atoms with Crippen molar-refractivity contribution in [3.63, 3.8) is 0 Å². The number of rotatable bonds is 6. The second-order valence-electron chi connectivity index (χ2n) is 8.02. The molecule has 1 heterocycles. The lowest BCUT2D eigenvalue weighted by Crippen LogP contribution is -2.35. The predicted octanol–water partition coefficient (Wildman–Crippen LogP) is 5.12. The van der Waals surface area contributed by atoms with Gasteiger partial charge < -0.3 is 15.0 Å². The standard InChI is InChI=1S/C25H32N2O3/c1-4-22(30-23-14-13-18(2)17-19(23)3)24(28)26-21-12-8-7-11-20(21)25(29)27-15-9-5-6-10-16-27/h7-8,11-14,17,22H,4-6,9-10,15-16H2,1-3H3,(H,26,28). The lowest BCUT2D eigenvalue weighted by atomic mass is 10.1. The van der Waals surface area contributed by atoms with E-state index < -0.39 is 6.10 Å². The van der Waals surface area contributed by atoms with Gasteiger partial charge in [0, 0.05) is 13.1 Å². The van der Waals surface area contributed by atoms with Crippen molar-refractivity contribution in [3.05, 3.63) is 59.2 Å². The lowest BCUT2D eigenvalue weighted by Gasteiger charge is -2.23. The fourth-order valence-electron chi connectivity index (χ4n) is 3.84. The fraction of sp³-hybridized carbons (Fsp3) is 0.440. The maximum atomic E-state index is 13.1. The molecule has 2 aromatic rings. The zero-order valence-corrected chi connectivity index (χ0v) is 18.2. The summed E-state index contributed by atoms with van der Waals surface area (Å²) >= 11 is 0. The van der Waals surface area contributed by atoms with E-state index in [2.05, 4.69) is 5.32 Å². The third kappa shape index (κ3) is 5.41. The van der Waals surface area contributed by atoms with Crippen LogP contribution in [0, 0.1) is 13.8 Å². The van der Waals surface area contributed by atoms with E-state index in [0.717, 1.165) is 49.9 Å². The molecule has 0 radical (unpaired) electrons. The second-order valence-corrected chi connectivity index (χ2v) is 8.02. The number of nitrogens with zero attached hydrogens (tertiary/aromatic N) is 1. The van der Waals surface area contributed by atoms with E-state index in [-0.39, 0.29) is 11.8 Å². The van der Waals surface area contributed by atoms with Crippen LogP contribution in [0.3, 0.4) is 0 Å². The Bertz CT molecular complexity index is 886. The van der Waals surface area contributed by atoms with Gasteiger partial charge in [0.25, 0.3) is 11.8 Å². The number of anilines is 1. The summed E-state index contributed by atoms with van der Waals surface area (Å²) in [5, 5.41) is 2.94. The van der Waals surface area contributed by atoms with Gasteiger partial charge in [-0.1, -0.05) is 49.6 Å². The Morgan fingerprint density at radius 1 is 1.03 bits per heavy atom. The first-order valence-corrected chi connectivity index (χ1v) is 10.9. The van der Waals surface area contributed by atoms with Gasteiger partial charge in [-0.15, -0.1) is 0 Å². The average molecular weight is 409 g/mol. The molecule has 1 atom stereocenters. The Labute approximate surface area is 179 Å². The van der Waals surface area contributed by atoms with Crippen LogP contribution in [0.5, 0.6) is 5.75 Å². The van der Waals surface area contributed by atoms with Gasteiger partial charge in [0.15, 0.2) is 6.10 Å². The van der Waals surface area contributed by atoms with Gasteiger partial charge in [0.1, 0.15) is 5.75 Å². The van der Waals surface area contributed by atoms with Crippen LogP contribution < -0.4 is 10.1 Å². The van der Waals surface area contributed by atoms with Crippen LogP contribution in [-0.4, -0.2) is 35.9 Å². The fourth-order valence-corrected chi connectivity index (χ4v) is 3.84. The maximum absolute atomic E-state index is 13.1. The van der Waals surface area contributed by atoms with Crippen LogP contribution >= 0.6 is 0 Å². The van der Waals surface area contributed by atoms with Gasteiger partial charge in [-0.2, -0.15) is 0 Å². The molecule has 1 saturated heterocycles. The molecule has 1 aliphatic rings. The summed E-state index contributed by atoms with van der Waals surface area (Å²) in [5.41, 5.74) is 3.23. The summed E-state index contributed by atoms with van der Waals surface area (Å²) < 4.78 is 6.01. The molecule has 1 aliphatic heterocycles. The monoisotopic (exact) mass is 408 g/mol. The molecule has 30 heavy (non-hydrogen) atoms. The topological polar surface area (TPSA) is 58.6 Å². The van der Waals surface area contributed by atoms with E-state index in [4.69, 9.17) is 4.74 Å². The van der Waals surface area contributed by atoms with Crippen LogP contribution in [-0.2, 0) is 4.79 Å². The van der Waals surface area contributed by atoms with E-state index >= 15 is 0 Å². The number of nitrogens with one attached hydrogen (secondary N) is 1. The van der Waals surface area contributed by atoms with Crippen molar-refractivity contribution in [3.8, 4) is 5.75 Å². The van der Waals surface area contributed by atoms with Crippen molar-refractivity contribution in [2.24, 2.45) is 0 Å². The number of ether oxygens (including phenoxy) is 1. The zero-order chi connectivity index (χ0) is 21.5. The lowest BCUT2D eigenvalue weighted by molar-refractivity contribution is -0.122. The highest BCUT2D eigenvalue weighted by Gasteiger charge is 2.24. The highest BCUT2D eigenvalue weighted by Crippen LogP contribution is 2.23. The molecule has 0 saturated carbocycles. The van der Waals surface area contributed by atoms with Crippen LogP contribution in [0.15, 0.2) is 42.5 Å². The summed E-state index contributed by atoms with van der Waals surface area (Å²) in [6, 6.07) is 13.2. The highest BCUT2D eigenvalue weighted by molar-refractivity contribution is 6.04. The smallest absolute Gasteiger partial charge is 0.265 e. The molecular formula is C25H32N2O3. The number of para-hydroxylation sites is 1. The molecule has 0 bridgehead atoms. The molecule has 3 rings (SSSR count). The minimum Gasteiger partial charge on any atom is -0.480 e. The van der Waals surface area contributed by atoms with Gasteiger partial charge in [0.2, 0.25) is 0 Å². The quantitative estimate of drug-likeness (QED) is 0.722. The summed E-state index contributed by atoms with van der Waals surface area (Å²) in [5.74, 6) is 0.446. The van der Waals surface area contributed by atoms with E-state index in [1.165, 1.54) is 0 Å². The first-order valence-electron chi connectivity index (χ1n) is 10.9. The zero-order valence-electron chi connectivity index (χ0n) is 18.2. The van der Waals surface area contributed by atoms with Crippen LogP contribution in [0.25, 0.3) is 0 Å². The first kappa shape index (κ1) is 21.9. The Kier molecular flexibility index (Phi) is 7.50. The summed E-state index contributed by atoms with van der Waals surface area (Å²) in [4.78, 5) is 28.0. The highest BCUT2D eigenvalue weighted by atomic mass is 16.5. The molecule has 5 heteroatoms. The van der Waals surface area contributed by atoms with Crippen molar-refractivity contribution < 1.29 is 14.3 Å². The molecular weight excluding hydrogens is 376 g/mol. The van der Waals surface area contributed by atoms with Crippen LogP contribution in [0.4, 0.5) is 5.69 Å². The largest absolute Gasteiger partial charge is 0.480 e. The summed E-state index contributed by atoms with van der Waals surface area (Å²) in [7, 11) is 0. The van der Waals surface area contributed by atoms with Crippen molar-refractivity contribution in [1.29, 1.82) is 0 Å². The van der Waals surface area contributed by atoms with Gasteiger partial charge >= 0.3 is 0 Å². The Balaban J connectivity index is 1.74. The molecule has 1 fully saturated rings. The van der Waals surface area contributed by atoms with E-state index in [1.54, 1.807) is 12.1 Å². The number of amides is 2. The van der Waals surface area contributed by atoms with Gasteiger partial charge in [0.05, 0.1) is 11.3 Å². The number of aryl methyl sites for hydroxylation is 2. The molecule has 1 unspecified atom stereocenters. The number of carbonyl (C=O) groups is 2. The SMILES string of the molecule is CCC(Oc1ccc(C)cc1C)C(=O)Nc1ccccc1C(=O)N1CCCCCC1. The van der Waals surface area contributed by atoms with E-state index in [1.807, 2.05) is 56.0 Å². The molecule has 0 spiro atoms. The third-order valence-electron chi connectivity index (χ3n) is 5.57. The van der Waals surface area contributed by atoms with Crippen molar-refractivity contribution in [2.45, 2.75) is 59.0 Å². The van der Waals surface area contributed by atoms with Crippen LogP contribution in [0.2, 0.25) is 0 Å². The molecule has 5 nitrogen and oxygen atoms in total. The molecule has 1 N–H and O–H groups in total. The number of hydrogen-bond donors (Lipinski definition) is 1. The van der Waals surface area contributed by atoms with E-state index in [9.17, 15) is 9.59 Å².